The van der Waals surface area contributed by atoms with Gasteiger partial charge in [0.2, 0.25) is 5.82 Å². The standard InChI is InChI=1S/C10H11N5O2/c1-4-15-6(5-11)12-8-7(15)9(16)14(3)10(17)13(8)2/h4H2,1-3H3. The number of nitriles is 1. The van der Waals surface area contributed by atoms with Crippen LogP contribution in [0.25, 0.3) is 11.2 Å². The summed E-state index contributed by atoms with van der Waals surface area (Å²) in [6, 6.07) is 1.92. The second kappa shape index (κ2) is 3.59. The van der Waals surface area contributed by atoms with Crippen molar-refractivity contribution in [1.82, 2.24) is 18.7 Å². The third-order valence-corrected chi connectivity index (χ3v) is 2.76. The van der Waals surface area contributed by atoms with E-state index in [0.717, 1.165) is 4.57 Å². The summed E-state index contributed by atoms with van der Waals surface area (Å²) in [7, 11) is 2.93. The largest absolute Gasteiger partial charge is 0.332 e. The minimum absolute atomic E-state index is 0.140. The van der Waals surface area contributed by atoms with E-state index in [0.29, 0.717) is 6.54 Å². The lowest BCUT2D eigenvalue weighted by atomic mass is 10.5. The summed E-state index contributed by atoms with van der Waals surface area (Å²) in [4.78, 5) is 27.7. The maximum absolute atomic E-state index is 12.0. The average Bonchev–Trinajstić information content (AvgIpc) is 2.72. The van der Waals surface area contributed by atoms with Crippen LogP contribution in [0.2, 0.25) is 0 Å². The number of nitrogens with zero attached hydrogens (tertiary/aromatic N) is 5. The quantitative estimate of drug-likeness (QED) is 0.653. The molecule has 0 radical (unpaired) electrons. The molecule has 7 heteroatoms. The van der Waals surface area contributed by atoms with Gasteiger partial charge in [0.05, 0.1) is 0 Å². The molecular weight excluding hydrogens is 222 g/mol. The van der Waals surface area contributed by atoms with Crippen LogP contribution in [0.3, 0.4) is 0 Å². The molecule has 0 spiro atoms. The van der Waals surface area contributed by atoms with Gasteiger partial charge in [-0.1, -0.05) is 0 Å². The van der Waals surface area contributed by atoms with Gasteiger partial charge in [-0.2, -0.15) is 5.26 Å². The number of hydrogen-bond donors (Lipinski definition) is 0. The SMILES string of the molecule is CCn1c(C#N)nc2c1c(=O)n(C)c(=O)n2C. The summed E-state index contributed by atoms with van der Waals surface area (Å²) in [5, 5.41) is 8.94. The first-order valence-electron chi connectivity index (χ1n) is 5.09. The topological polar surface area (TPSA) is 85.6 Å². The van der Waals surface area contributed by atoms with Crippen LogP contribution in [0.4, 0.5) is 0 Å². The van der Waals surface area contributed by atoms with Crippen LogP contribution in [0.5, 0.6) is 0 Å². The average molecular weight is 233 g/mol. The molecule has 2 heterocycles. The summed E-state index contributed by atoms with van der Waals surface area (Å²) in [6.45, 7) is 2.26. The Labute approximate surface area is 96.2 Å². The highest BCUT2D eigenvalue weighted by molar-refractivity contribution is 5.71. The van der Waals surface area contributed by atoms with Gasteiger partial charge in [0.25, 0.3) is 5.56 Å². The zero-order chi connectivity index (χ0) is 12.7. The summed E-state index contributed by atoms with van der Waals surface area (Å²) in [6.07, 6.45) is 0. The van der Waals surface area contributed by atoms with Crippen molar-refractivity contribution in [3.63, 3.8) is 0 Å². The molecule has 0 aliphatic rings. The Balaban J connectivity index is 3.17. The molecule has 0 atom stereocenters. The van der Waals surface area contributed by atoms with Gasteiger partial charge in [-0.15, -0.1) is 0 Å². The van der Waals surface area contributed by atoms with Gasteiger partial charge in [0.15, 0.2) is 11.2 Å². The van der Waals surface area contributed by atoms with Crippen molar-refractivity contribution >= 4 is 11.2 Å². The first kappa shape index (κ1) is 11.1. The number of rotatable bonds is 1. The van der Waals surface area contributed by atoms with E-state index in [1.165, 1.54) is 23.2 Å². The van der Waals surface area contributed by atoms with E-state index in [1.54, 1.807) is 0 Å². The van der Waals surface area contributed by atoms with Crippen LogP contribution in [0, 0.1) is 11.3 Å². The highest BCUT2D eigenvalue weighted by Gasteiger charge is 2.17. The van der Waals surface area contributed by atoms with Gasteiger partial charge < -0.3 is 4.57 Å². The first-order valence-corrected chi connectivity index (χ1v) is 5.09. The lowest BCUT2D eigenvalue weighted by Gasteiger charge is -2.04. The lowest BCUT2D eigenvalue weighted by Crippen LogP contribution is -2.37. The zero-order valence-corrected chi connectivity index (χ0v) is 9.76. The molecule has 0 fully saturated rings. The molecule has 0 bridgehead atoms. The minimum Gasteiger partial charge on any atom is -0.310 e. The van der Waals surface area contributed by atoms with E-state index in [2.05, 4.69) is 4.98 Å². The van der Waals surface area contributed by atoms with Gasteiger partial charge in [-0.05, 0) is 6.92 Å². The highest BCUT2D eigenvalue weighted by atomic mass is 16.2. The Kier molecular flexibility index (Phi) is 2.35. The Morgan fingerprint density at radius 2 is 1.94 bits per heavy atom. The molecule has 0 saturated carbocycles. The molecule has 0 aliphatic carbocycles. The van der Waals surface area contributed by atoms with Crippen molar-refractivity contribution in [2.45, 2.75) is 13.5 Å². The molecule has 0 aromatic carbocycles. The third kappa shape index (κ3) is 1.30. The summed E-state index contributed by atoms with van der Waals surface area (Å²) in [5.74, 6) is 0.140. The van der Waals surface area contributed by atoms with Crippen LogP contribution >= 0.6 is 0 Å². The summed E-state index contributed by atoms with van der Waals surface area (Å²) >= 11 is 0. The third-order valence-electron chi connectivity index (χ3n) is 2.76. The molecule has 7 nitrogen and oxygen atoms in total. The number of fused-ring (bicyclic) bond motifs is 1. The molecule has 0 amide bonds. The zero-order valence-electron chi connectivity index (χ0n) is 9.76. The van der Waals surface area contributed by atoms with Crippen LogP contribution in [-0.2, 0) is 20.6 Å². The van der Waals surface area contributed by atoms with Gasteiger partial charge >= 0.3 is 5.69 Å². The van der Waals surface area contributed by atoms with E-state index in [9.17, 15) is 9.59 Å². The maximum Gasteiger partial charge on any atom is 0.332 e. The Morgan fingerprint density at radius 1 is 1.29 bits per heavy atom. The van der Waals surface area contributed by atoms with E-state index >= 15 is 0 Å². The summed E-state index contributed by atoms with van der Waals surface area (Å²) < 4.78 is 3.79. The second-order valence-electron chi connectivity index (χ2n) is 3.67. The van der Waals surface area contributed by atoms with Crippen molar-refractivity contribution in [1.29, 1.82) is 5.26 Å². The number of imidazole rings is 1. The lowest BCUT2D eigenvalue weighted by molar-refractivity contribution is 0.699. The fraction of sp³-hybridized carbons (Fsp3) is 0.400. The van der Waals surface area contributed by atoms with Crippen molar-refractivity contribution in [3.05, 3.63) is 26.7 Å². The van der Waals surface area contributed by atoms with Gasteiger partial charge in [-0.3, -0.25) is 13.9 Å². The first-order chi connectivity index (χ1) is 8.02. The Hall–Kier alpha value is -2.36. The molecule has 0 aliphatic heterocycles. The molecule has 2 rings (SSSR count). The van der Waals surface area contributed by atoms with Crippen LogP contribution in [-0.4, -0.2) is 18.7 Å². The van der Waals surface area contributed by atoms with E-state index < -0.39 is 11.2 Å². The Morgan fingerprint density at radius 3 is 2.47 bits per heavy atom. The fourth-order valence-corrected chi connectivity index (χ4v) is 1.84. The number of aromatic nitrogens is 4. The van der Waals surface area contributed by atoms with Crippen molar-refractivity contribution in [2.24, 2.45) is 14.1 Å². The predicted molar refractivity (Wildman–Crippen MR) is 60.6 cm³/mol. The molecule has 0 unspecified atom stereocenters. The van der Waals surface area contributed by atoms with Gasteiger partial charge in [0.1, 0.15) is 6.07 Å². The molecular formula is C10H11N5O2. The number of hydrogen-bond acceptors (Lipinski definition) is 4. The minimum atomic E-state index is -0.451. The van der Waals surface area contributed by atoms with Gasteiger partial charge in [0, 0.05) is 20.6 Å². The van der Waals surface area contributed by atoms with Crippen LogP contribution in [0.1, 0.15) is 12.7 Å². The molecule has 2 aromatic rings. The summed E-state index contributed by atoms with van der Waals surface area (Å²) in [5.41, 5.74) is -0.350. The van der Waals surface area contributed by atoms with E-state index in [-0.39, 0.29) is 17.0 Å². The van der Waals surface area contributed by atoms with Crippen LogP contribution in [0.15, 0.2) is 9.59 Å². The second-order valence-corrected chi connectivity index (χ2v) is 3.67. The van der Waals surface area contributed by atoms with E-state index in [4.69, 9.17) is 5.26 Å². The van der Waals surface area contributed by atoms with Crippen molar-refractivity contribution in [2.75, 3.05) is 0 Å². The molecule has 17 heavy (non-hydrogen) atoms. The van der Waals surface area contributed by atoms with Crippen LogP contribution < -0.4 is 11.2 Å². The monoisotopic (exact) mass is 233 g/mol. The number of aryl methyl sites for hydroxylation is 2. The smallest absolute Gasteiger partial charge is 0.310 e. The van der Waals surface area contributed by atoms with Crippen molar-refractivity contribution < 1.29 is 0 Å². The highest BCUT2D eigenvalue weighted by Crippen LogP contribution is 2.09. The molecule has 2 aromatic heterocycles. The van der Waals surface area contributed by atoms with E-state index in [1.807, 2.05) is 13.0 Å². The Bertz CT molecular complexity index is 756. The van der Waals surface area contributed by atoms with Crippen molar-refractivity contribution in [3.8, 4) is 6.07 Å². The predicted octanol–water partition coefficient (Wildman–Crippen LogP) is -0.675. The normalized spacial score (nSPS) is 10.7. The fourth-order valence-electron chi connectivity index (χ4n) is 1.84. The maximum atomic E-state index is 12.0. The van der Waals surface area contributed by atoms with Gasteiger partial charge in [-0.25, -0.2) is 9.78 Å². The molecule has 0 saturated heterocycles. The molecule has 88 valence electrons. The molecule has 0 N–H and O–H groups in total.